The van der Waals surface area contributed by atoms with Crippen LogP contribution in [-0.4, -0.2) is 85.0 Å². The molecule has 4 rings (SSSR count). The minimum absolute atomic E-state index is 0.0561. The Bertz CT molecular complexity index is 937. The summed E-state index contributed by atoms with van der Waals surface area (Å²) in [5.74, 6) is 1.46. The second-order valence-electron chi connectivity index (χ2n) is 7.69. The van der Waals surface area contributed by atoms with Crippen molar-refractivity contribution in [3.8, 4) is 17.5 Å². The third-order valence-corrected chi connectivity index (χ3v) is 5.65. The molecule has 1 aromatic heterocycles. The van der Waals surface area contributed by atoms with Crippen LogP contribution in [0.5, 0.6) is 17.5 Å². The molecule has 0 spiro atoms. The Morgan fingerprint density at radius 1 is 1.00 bits per heavy atom. The second kappa shape index (κ2) is 9.71. The molecule has 2 aliphatic rings. The van der Waals surface area contributed by atoms with Gasteiger partial charge in [-0.25, -0.2) is 4.79 Å². The molecule has 3 heterocycles. The molecule has 1 aromatic carbocycles. The highest BCUT2D eigenvalue weighted by atomic mass is 16.5. The number of carbonyl (C=O) groups is 2. The summed E-state index contributed by atoms with van der Waals surface area (Å²) < 4.78 is 16.1. The lowest BCUT2D eigenvalue weighted by molar-refractivity contribution is -0.134. The van der Waals surface area contributed by atoms with Gasteiger partial charge < -0.3 is 24.0 Å². The van der Waals surface area contributed by atoms with E-state index in [2.05, 4.69) is 10.2 Å². The lowest BCUT2D eigenvalue weighted by Gasteiger charge is -2.33. The standard InChI is InChI=1S/C22H27N5O5/c1-30-17-7-5-16(6-8-17)27-13-12-26(22(27)29)15-21(28)25-11-3-4-18(14-25)32-20-10-9-19(31-2)23-24-20/h5-10,18H,3-4,11-15H2,1-2H3. The maximum absolute atomic E-state index is 12.9. The van der Waals surface area contributed by atoms with Crippen molar-refractivity contribution >= 4 is 17.6 Å². The van der Waals surface area contributed by atoms with Crippen molar-refractivity contribution in [2.24, 2.45) is 0 Å². The number of urea groups is 1. The summed E-state index contributed by atoms with van der Waals surface area (Å²) in [6.07, 6.45) is 1.48. The van der Waals surface area contributed by atoms with Gasteiger partial charge in [-0.05, 0) is 37.1 Å². The molecule has 10 heteroatoms. The number of hydrogen-bond donors (Lipinski definition) is 0. The Labute approximate surface area is 186 Å². The van der Waals surface area contributed by atoms with Crippen molar-refractivity contribution in [2.75, 3.05) is 51.8 Å². The van der Waals surface area contributed by atoms with Crippen LogP contribution in [0.4, 0.5) is 10.5 Å². The van der Waals surface area contributed by atoms with E-state index in [1.165, 1.54) is 7.11 Å². The maximum Gasteiger partial charge on any atom is 0.325 e. The zero-order valence-corrected chi connectivity index (χ0v) is 18.3. The number of ether oxygens (including phenoxy) is 3. The first kappa shape index (κ1) is 21.7. The van der Waals surface area contributed by atoms with Crippen molar-refractivity contribution in [3.63, 3.8) is 0 Å². The van der Waals surface area contributed by atoms with Crippen LogP contribution >= 0.6 is 0 Å². The lowest BCUT2D eigenvalue weighted by Crippen LogP contribution is -2.48. The van der Waals surface area contributed by atoms with E-state index in [-0.39, 0.29) is 24.6 Å². The summed E-state index contributed by atoms with van der Waals surface area (Å²) in [5, 5.41) is 7.89. The minimum atomic E-state index is -0.166. The summed E-state index contributed by atoms with van der Waals surface area (Å²) in [5.41, 5.74) is 0.790. The quantitative estimate of drug-likeness (QED) is 0.646. The molecule has 2 saturated heterocycles. The van der Waals surface area contributed by atoms with E-state index in [1.807, 2.05) is 24.3 Å². The van der Waals surface area contributed by atoms with Gasteiger partial charge in [0, 0.05) is 37.5 Å². The third-order valence-electron chi connectivity index (χ3n) is 5.65. The first-order chi connectivity index (χ1) is 15.6. The van der Waals surface area contributed by atoms with Crippen LogP contribution in [0, 0.1) is 0 Å². The average molecular weight is 441 g/mol. The Balaban J connectivity index is 1.31. The molecule has 0 radical (unpaired) electrons. The number of benzene rings is 1. The summed E-state index contributed by atoms with van der Waals surface area (Å²) in [6.45, 7) is 2.21. The number of carbonyl (C=O) groups excluding carboxylic acids is 2. The molecular formula is C22H27N5O5. The van der Waals surface area contributed by atoms with Crippen LogP contribution in [0.3, 0.4) is 0 Å². The van der Waals surface area contributed by atoms with Crippen molar-refractivity contribution in [1.82, 2.24) is 20.0 Å². The molecule has 1 atom stereocenters. The fourth-order valence-electron chi connectivity index (χ4n) is 3.91. The van der Waals surface area contributed by atoms with Gasteiger partial charge in [0.15, 0.2) is 0 Å². The molecule has 2 aliphatic heterocycles. The van der Waals surface area contributed by atoms with E-state index in [1.54, 1.807) is 33.9 Å². The number of likely N-dealkylation sites (tertiary alicyclic amines) is 1. The summed E-state index contributed by atoms with van der Waals surface area (Å²) >= 11 is 0. The fourth-order valence-corrected chi connectivity index (χ4v) is 3.91. The first-order valence-electron chi connectivity index (χ1n) is 10.6. The topological polar surface area (TPSA) is 97.3 Å². The highest BCUT2D eigenvalue weighted by Crippen LogP contribution is 2.24. The third kappa shape index (κ3) is 4.84. The van der Waals surface area contributed by atoms with Crippen LogP contribution in [0.25, 0.3) is 0 Å². The second-order valence-corrected chi connectivity index (χ2v) is 7.69. The number of hydrogen-bond acceptors (Lipinski definition) is 7. The number of piperidine rings is 1. The molecule has 0 saturated carbocycles. The summed E-state index contributed by atoms with van der Waals surface area (Å²) in [4.78, 5) is 30.8. The molecule has 2 fully saturated rings. The van der Waals surface area contributed by atoms with Crippen LogP contribution in [0.2, 0.25) is 0 Å². The molecular weight excluding hydrogens is 414 g/mol. The van der Waals surface area contributed by atoms with Crippen LogP contribution < -0.4 is 19.1 Å². The predicted molar refractivity (Wildman–Crippen MR) is 116 cm³/mol. The summed E-state index contributed by atoms with van der Waals surface area (Å²) in [6, 6.07) is 10.5. The van der Waals surface area contributed by atoms with Crippen molar-refractivity contribution < 1.29 is 23.8 Å². The number of methoxy groups -OCH3 is 2. The van der Waals surface area contributed by atoms with Gasteiger partial charge in [-0.2, -0.15) is 0 Å². The molecule has 0 N–H and O–H groups in total. The molecule has 3 amide bonds. The monoisotopic (exact) mass is 441 g/mol. The van der Waals surface area contributed by atoms with E-state index in [9.17, 15) is 9.59 Å². The zero-order valence-electron chi connectivity index (χ0n) is 18.3. The van der Waals surface area contributed by atoms with Gasteiger partial charge in [-0.1, -0.05) is 0 Å². The zero-order chi connectivity index (χ0) is 22.5. The van der Waals surface area contributed by atoms with Crippen LogP contribution in [0.15, 0.2) is 36.4 Å². The first-order valence-corrected chi connectivity index (χ1v) is 10.6. The average Bonchev–Trinajstić information content (AvgIpc) is 3.19. The fraction of sp³-hybridized carbons (Fsp3) is 0.455. The van der Waals surface area contributed by atoms with Crippen molar-refractivity contribution in [1.29, 1.82) is 0 Å². The molecule has 0 bridgehead atoms. The van der Waals surface area contributed by atoms with Gasteiger partial charge in [0.1, 0.15) is 18.4 Å². The van der Waals surface area contributed by atoms with Gasteiger partial charge in [0.25, 0.3) is 0 Å². The van der Waals surface area contributed by atoms with Crippen molar-refractivity contribution in [2.45, 2.75) is 18.9 Å². The van der Waals surface area contributed by atoms with Crippen molar-refractivity contribution in [3.05, 3.63) is 36.4 Å². The van der Waals surface area contributed by atoms with Gasteiger partial charge in [0.05, 0.1) is 20.8 Å². The largest absolute Gasteiger partial charge is 0.497 e. The van der Waals surface area contributed by atoms with Crippen LogP contribution in [0.1, 0.15) is 12.8 Å². The Kier molecular flexibility index (Phi) is 6.58. The maximum atomic E-state index is 12.9. The Morgan fingerprint density at radius 2 is 1.75 bits per heavy atom. The van der Waals surface area contributed by atoms with Gasteiger partial charge in [0.2, 0.25) is 17.7 Å². The SMILES string of the molecule is COc1ccc(N2CCN(CC(=O)N3CCCC(Oc4ccc(OC)nn4)C3)C2=O)cc1. The van der Waals surface area contributed by atoms with Gasteiger partial charge >= 0.3 is 6.03 Å². The van der Waals surface area contributed by atoms with E-state index >= 15 is 0 Å². The number of nitrogens with zero attached hydrogens (tertiary/aromatic N) is 5. The highest BCUT2D eigenvalue weighted by Gasteiger charge is 2.33. The van der Waals surface area contributed by atoms with E-state index in [0.717, 1.165) is 24.3 Å². The van der Waals surface area contributed by atoms with Crippen LogP contribution in [-0.2, 0) is 4.79 Å². The van der Waals surface area contributed by atoms with E-state index < -0.39 is 0 Å². The summed E-state index contributed by atoms with van der Waals surface area (Å²) in [7, 11) is 3.13. The molecule has 32 heavy (non-hydrogen) atoms. The molecule has 1 unspecified atom stereocenters. The number of amides is 3. The molecule has 10 nitrogen and oxygen atoms in total. The highest BCUT2D eigenvalue weighted by molar-refractivity contribution is 5.96. The van der Waals surface area contributed by atoms with E-state index in [0.29, 0.717) is 37.9 Å². The predicted octanol–water partition coefficient (Wildman–Crippen LogP) is 1.81. The number of anilines is 1. The Hall–Kier alpha value is -3.56. The minimum Gasteiger partial charge on any atom is -0.497 e. The molecule has 0 aliphatic carbocycles. The molecule has 2 aromatic rings. The van der Waals surface area contributed by atoms with Gasteiger partial charge in [-0.15, -0.1) is 10.2 Å². The smallest absolute Gasteiger partial charge is 0.325 e. The number of aromatic nitrogens is 2. The molecule has 170 valence electrons. The van der Waals surface area contributed by atoms with E-state index in [4.69, 9.17) is 14.2 Å². The lowest BCUT2D eigenvalue weighted by atomic mass is 10.1. The van der Waals surface area contributed by atoms with Gasteiger partial charge in [-0.3, -0.25) is 9.69 Å². The number of rotatable bonds is 7. The normalized spacial score (nSPS) is 18.6. The Morgan fingerprint density at radius 3 is 2.44 bits per heavy atom.